The van der Waals surface area contributed by atoms with Gasteiger partial charge in [0.05, 0.1) is 12.6 Å². The van der Waals surface area contributed by atoms with Gasteiger partial charge in [-0.3, -0.25) is 0 Å². The van der Waals surface area contributed by atoms with Crippen LogP contribution in [0.2, 0.25) is 0 Å². The van der Waals surface area contributed by atoms with E-state index in [9.17, 15) is 0 Å². The molecule has 16 heavy (non-hydrogen) atoms. The second kappa shape index (κ2) is 4.47. The van der Waals surface area contributed by atoms with Gasteiger partial charge in [0, 0.05) is 21.6 Å². The number of halogens is 1. The first-order valence-electron chi connectivity index (χ1n) is 5.20. The summed E-state index contributed by atoms with van der Waals surface area (Å²) in [5, 5.41) is 4.37. The van der Waals surface area contributed by atoms with E-state index in [2.05, 4.69) is 39.2 Å². The van der Waals surface area contributed by atoms with Crippen molar-refractivity contribution in [1.82, 2.24) is 10.3 Å². The summed E-state index contributed by atoms with van der Waals surface area (Å²) in [6.07, 6.45) is 0. The second-order valence-electron chi connectivity index (χ2n) is 3.75. The highest BCUT2D eigenvalue weighted by Gasteiger charge is 2.15. The third-order valence-corrected chi connectivity index (χ3v) is 3.70. The Balaban J connectivity index is 2.67. The molecule has 0 aliphatic heterocycles. The fourth-order valence-corrected chi connectivity index (χ4v) is 2.56. The Morgan fingerprint density at radius 1 is 1.44 bits per heavy atom. The Morgan fingerprint density at radius 2 is 2.19 bits per heavy atom. The Kier molecular flexibility index (Phi) is 3.21. The van der Waals surface area contributed by atoms with Crippen LogP contribution < -0.4 is 10.1 Å². The lowest BCUT2D eigenvalue weighted by Crippen LogP contribution is -2.12. The van der Waals surface area contributed by atoms with Crippen molar-refractivity contribution < 1.29 is 4.74 Å². The van der Waals surface area contributed by atoms with Crippen molar-refractivity contribution in [2.24, 2.45) is 0 Å². The van der Waals surface area contributed by atoms with E-state index in [1.54, 1.807) is 7.11 Å². The zero-order valence-electron chi connectivity index (χ0n) is 9.60. The largest absolute Gasteiger partial charge is 0.495 e. The summed E-state index contributed by atoms with van der Waals surface area (Å²) in [7, 11) is 3.63. The lowest BCUT2D eigenvalue weighted by atomic mass is 10.2. The van der Waals surface area contributed by atoms with Gasteiger partial charge in [-0.1, -0.05) is 12.1 Å². The van der Waals surface area contributed by atoms with Gasteiger partial charge in [0.1, 0.15) is 5.75 Å². The van der Waals surface area contributed by atoms with Gasteiger partial charge in [-0.25, -0.2) is 0 Å². The number of ether oxygens (including phenoxy) is 1. The third-order valence-electron chi connectivity index (χ3n) is 2.84. The average Bonchev–Trinajstić information content (AvgIpc) is 2.66. The van der Waals surface area contributed by atoms with Gasteiger partial charge in [0.2, 0.25) is 0 Å². The molecule has 1 aromatic carbocycles. The summed E-state index contributed by atoms with van der Waals surface area (Å²) < 4.78 is 6.44. The van der Waals surface area contributed by atoms with Crippen molar-refractivity contribution in [3.63, 3.8) is 0 Å². The van der Waals surface area contributed by atoms with Crippen LogP contribution >= 0.6 is 15.9 Å². The molecule has 0 saturated heterocycles. The quantitative estimate of drug-likeness (QED) is 0.907. The summed E-state index contributed by atoms with van der Waals surface area (Å²) in [6.45, 7) is 2.11. The topological polar surface area (TPSA) is 37.0 Å². The molecule has 0 amide bonds. The van der Waals surface area contributed by atoms with Crippen LogP contribution in [0.3, 0.4) is 0 Å². The van der Waals surface area contributed by atoms with Gasteiger partial charge < -0.3 is 15.0 Å². The Bertz CT molecular complexity index is 507. The van der Waals surface area contributed by atoms with Crippen LogP contribution in [0.5, 0.6) is 5.75 Å². The fraction of sp³-hybridized carbons (Fsp3) is 0.333. The molecule has 2 rings (SSSR count). The summed E-state index contributed by atoms with van der Waals surface area (Å²) in [4.78, 5) is 3.40. The third kappa shape index (κ3) is 1.72. The highest BCUT2D eigenvalue weighted by atomic mass is 79.9. The lowest BCUT2D eigenvalue weighted by molar-refractivity contribution is 0.419. The maximum atomic E-state index is 5.34. The molecule has 0 aliphatic carbocycles. The van der Waals surface area contributed by atoms with E-state index < -0.39 is 0 Å². The predicted octanol–water partition coefficient (Wildman–Crippen LogP) is 3.22. The van der Waals surface area contributed by atoms with Crippen LogP contribution in [0.15, 0.2) is 22.7 Å². The molecule has 86 valence electrons. The van der Waals surface area contributed by atoms with E-state index in [1.807, 2.05) is 19.2 Å². The molecule has 0 bridgehead atoms. The number of aromatic nitrogens is 1. The van der Waals surface area contributed by atoms with E-state index in [0.29, 0.717) is 0 Å². The van der Waals surface area contributed by atoms with Crippen LogP contribution in [0.4, 0.5) is 0 Å². The second-order valence-corrected chi connectivity index (χ2v) is 4.54. The standard InChI is InChI=1S/C12H15BrN2O/c1-7(14-2)11-10(13)8-5-4-6-9(16-3)12(8)15-11/h4-7,14-15H,1-3H3. The van der Waals surface area contributed by atoms with Gasteiger partial charge in [0.25, 0.3) is 0 Å². The SMILES string of the molecule is CNC(C)c1[nH]c2c(OC)cccc2c1Br. The minimum Gasteiger partial charge on any atom is -0.495 e. The van der Waals surface area contributed by atoms with E-state index in [4.69, 9.17) is 4.74 Å². The number of hydrogen-bond donors (Lipinski definition) is 2. The van der Waals surface area contributed by atoms with Gasteiger partial charge in [-0.15, -0.1) is 0 Å². The number of aromatic amines is 1. The number of hydrogen-bond acceptors (Lipinski definition) is 2. The molecule has 1 atom stereocenters. The van der Waals surface area contributed by atoms with Gasteiger partial charge in [-0.05, 0) is 36.0 Å². The first kappa shape index (κ1) is 11.5. The fourth-order valence-electron chi connectivity index (χ4n) is 1.79. The van der Waals surface area contributed by atoms with E-state index >= 15 is 0 Å². The maximum Gasteiger partial charge on any atom is 0.142 e. The van der Waals surface area contributed by atoms with Crippen LogP contribution in [-0.4, -0.2) is 19.1 Å². The monoisotopic (exact) mass is 282 g/mol. The molecule has 0 radical (unpaired) electrons. The highest BCUT2D eigenvalue weighted by molar-refractivity contribution is 9.10. The molecule has 0 spiro atoms. The highest BCUT2D eigenvalue weighted by Crippen LogP contribution is 2.35. The smallest absolute Gasteiger partial charge is 0.142 e. The number of methoxy groups -OCH3 is 1. The van der Waals surface area contributed by atoms with Crippen molar-refractivity contribution in [2.45, 2.75) is 13.0 Å². The number of nitrogens with one attached hydrogen (secondary N) is 2. The minimum atomic E-state index is 0.270. The number of fused-ring (bicyclic) bond motifs is 1. The average molecular weight is 283 g/mol. The molecule has 2 aromatic rings. The number of para-hydroxylation sites is 1. The molecule has 2 N–H and O–H groups in total. The first-order valence-corrected chi connectivity index (χ1v) is 5.99. The molecular formula is C12H15BrN2O. The number of rotatable bonds is 3. The molecule has 1 heterocycles. The molecule has 1 unspecified atom stereocenters. The van der Waals surface area contributed by atoms with Crippen LogP contribution in [-0.2, 0) is 0 Å². The predicted molar refractivity (Wildman–Crippen MR) is 70.0 cm³/mol. The van der Waals surface area contributed by atoms with Crippen molar-refractivity contribution >= 4 is 26.8 Å². The molecule has 0 saturated carbocycles. The van der Waals surface area contributed by atoms with E-state index in [1.165, 1.54) is 0 Å². The maximum absolute atomic E-state index is 5.34. The van der Waals surface area contributed by atoms with Gasteiger partial charge in [0.15, 0.2) is 0 Å². The molecule has 0 fully saturated rings. The van der Waals surface area contributed by atoms with Crippen LogP contribution in [0.25, 0.3) is 10.9 Å². The van der Waals surface area contributed by atoms with Crippen molar-refractivity contribution in [2.75, 3.05) is 14.2 Å². The van der Waals surface area contributed by atoms with Crippen molar-refractivity contribution in [3.05, 3.63) is 28.4 Å². The molecule has 1 aromatic heterocycles. The number of H-pyrrole nitrogens is 1. The first-order chi connectivity index (χ1) is 7.69. The molecule has 0 aliphatic rings. The lowest BCUT2D eigenvalue weighted by Gasteiger charge is -2.08. The summed E-state index contributed by atoms with van der Waals surface area (Å²) >= 11 is 3.63. The van der Waals surface area contributed by atoms with E-state index in [-0.39, 0.29) is 6.04 Å². The van der Waals surface area contributed by atoms with Crippen LogP contribution in [0.1, 0.15) is 18.7 Å². The Labute approximate surface area is 103 Å². The van der Waals surface area contributed by atoms with Gasteiger partial charge in [-0.2, -0.15) is 0 Å². The summed E-state index contributed by atoms with van der Waals surface area (Å²) in [5.41, 5.74) is 2.18. The summed E-state index contributed by atoms with van der Waals surface area (Å²) in [5.74, 6) is 0.868. The minimum absolute atomic E-state index is 0.270. The molecule has 3 nitrogen and oxygen atoms in total. The van der Waals surface area contributed by atoms with Crippen LogP contribution in [0, 0.1) is 0 Å². The zero-order chi connectivity index (χ0) is 11.7. The zero-order valence-corrected chi connectivity index (χ0v) is 11.2. The summed E-state index contributed by atoms with van der Waals surface area (Å²) in [6, 6.07) is 6.29. The normalized spacial score (nSPS) is 13.0. The van der Waals surface area contributed by atoms with E-state index in [0.717, 1.165) is 26.8 Å². The van der Waals surface area contributed by atoms with Crippen molar-refractivity contribution in [3.8, 4) is 5.75 Å². The Hall–Kier alpha value is -1.00. The number of benzene rings is 1. The van der Waals surface area contributed by atoms with Crippen molar-refractivity contribution in [1.29, 1.82) is 0 Å². The molecule has 4 heteroatoms. The molecular weight excluding hydrogens is 268 g/mol. The Morgan fingerprint density at radius 3 is 2.81 bits per heavy atom. The van der Waals surface area contributed by atoms with Gasteiger partial charge >= 0.3 is 0 Å².